The average Bonchev–Trinajstić information content (AvgIpc) is 2.58. The SMILES string of the molecule is CNC(C)CNC(=O)C(Oc1cccc(Br)c1)c1ccccc1.Cl. The fourth-order valence-corrected chi connectivity index (χ4v) is 2.40. The summed E-state index contributed by atoms with van der Waals surface area (Å²) in [5, 5.41) is 6.02. The summed E-state index contributed by atoms with van der Waals surface area (Å²) in [6, 6.07) is 17.2. The van der Waals surface area contributed by atoms with E-state index >= 15 is 0 Å². The lowest BCUT2D eigenvalue weighted by Crippen LogP contribution is -2.40. The van der Waals surface area contributed by atoms with Gasteiger partial charge in [0.15, 0.2) is 0 Å². The summed E-state index contributed by atoms with van der Waals surface area (Å²) in [6.45, 7) is 2.55. The molecule has 0 spiro atoms. The average molecular weight is 414 g/mol. The number of benzene rings is 2. The Bertz CT molecular complexity index is 640. The van der Waals surface area contributed by atoms with Crippen LogP contribution in [0.2, 0.25) is 0 Å². The maximum Gasteiger partial charge on any atom is 0.265 e. The quantitative estimate of drug-likeness (QED) is 0.727. The highest BCUT2D eigenvalue weighted by Gasteiger charge is 2.22. The highest BCUT2D eigenvalue weighted by atomic mass is 79.9. The molecule has 1 amide bonds. The van der Waals surface area contributed by atoms with Crippen LogP contribution in [0.25, 0.3) is 0 Å². The first kappa shape index (κ1) is 20.5. The third-order valence-corrected chi connectivity index (χ3v) is 3.96. The summed E-state index contributed by atoms with van der Waals surface area (Å²) in [6.07, 6.45) is -0.686. The van der Waals surface area contributed by atoms with E-state index in [-0.39, 0.29) is 24.4 Å². The van der Waals surface area contributed by atoms with Gasteiger partial charge in [0.1, 0.15) is 5.75 Å². The van der Waals surface area contributed by atoms with Crippen molar-refractivity contribution >= 4 is 34.2 Å². The van der Waals surface area contributed by atoms with Gasteiger partial charge in [0, 0.05) is 22.6 Å². The molecule has 0 saturated heterocycles. The number of rotatable bonds is 7. The second-order valence-corrected chi connectivity index (χ2v) is 6.22. The van der Waals surface area contributed by atoms with Crippen LogP contribution in [0.3, 0.4) is 0 Å². The second kappa shape index (κ2) is 10.3. The molecule has 2 rings (SSSR count). The Morgan fingerprint density at radius 2 is 1.88 bits per heavy atom. The van der Waals surface area contributed by atoms with Crippen molar-refractivity contribution in [2.45, 2.75) is 19.1 Å². The third kappa shape index (κ3) is 6.15. The number of likely N-dealkylation sites (N-methyl/N-ethyl adjacent to an activating group) is 1. The highest BCUT2D eigenvalue weighted by Crippen LogP contribution is 2.25. The Kier molecular flexibility index (Phi) is 8.82. The lowest BCUT2D eigenvalue weighted by Gasteiger charge is -2.20. The molecule has 0 bridgehead atoms. The zero-order valence-electron chi connectivity index (χ0n) is 13.7. The van der Waals surface area contributed by atoms with Gasteiger partial charge in [0.05, 0.1) is 0 Å². The van der Waals surface area contributed by atoms with Gasteiger partial charge < -0.3 is 15.4 Å². The largest absolute Gasteiger partial charge is 0.476 e. The predicted octanol–water partition coefficient (Wildman–Crippen LogP) is 3.72. The number of ether oxygens (including phenoxy) is 1. The molecule has 2 atom stereocenters. The molecule has 0 heterocycles. The number of amides is 1. The van der Waals surface area contributed by atoms with E-state index in [9.17, 15) is 4.79 Å². The molecule has 0 aliphatic heterocycles. The summed E-state index contributed by atoms with van der Waals surface area (Å²) >= 11 is 3.42. The van der Waals surface area contributed by atoms with Gasteiger partial charge in [0.25, 0.3) is 5.91 Å². The molecule has 0 aromatic heterocycles. The van der Waals surface area contributed by atoms with Crippen molar-refractivity contribution in [2.24, 2.45) is 0 Å². The summed E-state index contributed by atoms with van der Waals surface area (Å²) in [5.41, 5.74) is 0.821. The van der Waals surface area contributed by atoms with Gasteiger partial charge in [0.2, 0.25) is 6.10 Å². The van der Waals surface area contributed by atoms with Crippen molar-refractivity contribution in [2.75, 3.05) is 13.6 Å². The summed E-state index contributed by atoms with van der Waals surface area (Å²) < 4.78 is 6.85. The Hall–Kier alpha value is -1.56. The van der Waals surface area contributed by atoms with Crippen molar-refractivity contribution in [3.05, 3.63) is 64.6 Å². The smallest absolute Gasteiger partial charge is 0.265 e. The predicted molar refractivity (Wildman–Crippen MR) is 103 cm³/mol. The van der Waals surface area contributed by atoms with Crippen LogP contribution in [0.15, 0.2) is 59.1 Å². The van der Waals surface area contributed by atoms with Crippen LogP contribution >= 0.6 is 28.3 Å². The molecular formula is C18H22BrClN2O2. The standard InChI is InChI=1S/C18H21BrN2O2.ClH/c1-13(20-2)12-21-18(22)17(14-7-4-3-5-8-14)23-16-10-6-9-15(19)11-16;/h3-11,13,17,20H,12H2,1-2H3,(H,21,22);1H. The molecule has 24 heavy (non-hydrogen) atoms. The van der Waals surface area contributed by atoms with Gasteiger partial charge in [-0.25, -0.2) is 0 Å². The number of nitrogens with one attached hydrogen (secondary N) is 2. The minimum Gasteiger partial charge on any atom is -0.476 e. The van der Waals surface area contributed by atoms with Gasteiger partial charge >= 0.3 is 0 Å². The fourth-order valence-electron chi connectivity index (χ4n) is 2.03. The number of carbonyl (C=O) groups excluding carboxylic acids is 1. The summed E-state index contributed by atoms with van der Waals surface area (Å²) in [5.74, 6) is 0.489. The minimum absolute atomic E-state index is 0. The van der Waals surface area contributed by atoms with Gasteiger partial charge in [-0.2, -0.15) is 0 Å². The van der Waals surface area contributed by atoms with E-state index in [0.717, 1.165) is 10.0 Å². The van der Waals surface area contributed by atoms with E-state index < -0.39 is 6.10 Å². The molecule has 0 aliphatic rings. The number of hydrogen-bond acceptors (Lipinski definition) is 3. The fraction of sp³-hybridized carbons (Fsp3) is 0.278. The molecule has 2 N–H and O–H groups in total. The first-order valence-electron chi connectivity index (χ1n) is 7.52. The van der Waals surface area contributed by atoms with Crippen LogP contribution in [0, 0.1) is 0 Å². The molecule has 6 heteroatoms. The molecule has 0 saturated carbocycles. The molecule has 0 aliphatic carbocycles. The Balaban J connectivity index is 0.00000288. The molecule has 2 aromatic carbocycles. The molecule has 4 nitrogen and oxygen atoms in total. The molecule has 0 fully saturated rings. The van der Waals surface area contributed by atoms with E-state index in [1.807, 2.05) is 68.6 Å². The van der Waals surface area contributed by atoms with Crippen LogP contribution in [0.5, 0.6) is 5.75 Å². The van der Waals surface area contributed by atoms with Gasteiger partial charge in [-0.05, 0) is 32.2 Å². The van der Waals surface area contributed by atoms with Crippen molar-refractivity contribution in [1.29, 1.82) is 0 Å². The summed E-state index contributed by atoms with van der Waals surface area (Å²) in [7, 11) is 1.86. The molecule has 2 unspecified atom stereocenters. The molecule has 130 valence electrons. The van der Waals surface area contributed by atoms with E-state index in [2.05, 4.69) is 26.6 Å². The van der Waals surface area contributed by atoms with Crippen molar-refractivity contribution in [1.82, 2.24) is 10.6 Å². The van der Waals surface area contributed by atoms with Crippen LogP contribution in [-0.4, -0.2) is 25.5 Å². The van der Waals surface area contributed by atoms with Gasteiger partial charge in [-0.15, -0.1) is 12.4 Å². The van der Waals surface area contributed by atoms with Crippen LogP contribution in [0.4, 0.5) is 0 Å². The maximum absolute atomic E-state index is 12.6. The normalized spacial score (nSPS) is 12.6. The summed E-state index contributed by atoms with van der Waals surface area (Å²) in [4.78, 5) is 12.6. The number of halogens is 2. The molecule has 2 aromatic rings. The third-order valence-electron chi connectivity index (χ3n) is 3.47. The minimum atomic E-state index is -0.686. The second-order valence-electron chi connectivity index (χ2n) is 5.30. The monoisotopic (exact) mass is 412 g/mol. The lowest BCUT2D eigenvalue weighted by atomic mass is 10.1. The van der Waals surface area contributed by atoms with Crippen LogP contribution < -0.4 is 15.4 Å². The molecular weight excluding hydrogens is 392 g/mol. The number of carbonyl (C=O) groups is 1. The maximum atomic E-state index is 12.6. The Morgan fingerprint density at radius 1 is 1.17 bits per heavy atom. The van der Waals surface area contributed by atoms with Gasteiger partial charge in [-0.1, -0.05) is 52.3 Å². The first-order chi connectivity index (χ1) is 11.1. The van der Waals surface area contributed by atoms with E-state index in [0.29, 0.717) is 12.3 Å². The van der Waals surface area contributed by atoms with Crippen LogP contribution in [0.1, 0.15) is 18.6 Å². The topological polar surface area (TPSA) is 50.4 Å². The van der Waals surface area contributed by atoms with E-state index in [1.54, 1.807) is 0 Å². The highest BCUT2D eigenvalue weighted by molar-refractivity contribution is 9.10. The number of hydrogen-bond donors (Lipinski definition) is 2. The van der Waals surface area contributed by atoms with Crippen molar-refractivity contribution in [3.63, 3.8) is 0 Å². The van der Waals surface area contributed by atoms with E-state index in [4.69, 9.17) is 4.74 Å². The molecule has 0 radical (unpaired) electrons. The van der Waals surface area contributed by atoms with E-state index in [1.165, 1.54) is 0 Å². The zero-order chi connectivity index (χ0) is 16.7. The zero-order valence-corrected chi connectivity index (χ0v) is 16.1. The van der Waals surface area contributed by atoms with Gasteiger partial charge in [-0.3, -0.25) is 4.79 Å². The Morgan fingerprint density at radius 3 is 2.50 bits per heavy atom. The van der Waals surface area contributed by atoms with Crippen LogP contribution in [-0.2, 0) is 4.79 Å². The Labute approximate surface area is 157 Å². The van der Waals surface area contributed by atoms with Crippen molar-refractivity contribution in [3.8, 4) is 5.75 Å². The van der Waals surface area contributed by atoms with Crippen molar-refractivity contribution < 1.29 is 9.53 Å². The first-order valence-corrected chi connectivity index (χ1v) is 8.31. The lowest BCUT2D eigenvalue weighted by molar-refractivity contribution is -0.128.